The average molecular weight is 256 g/mol. The zero-order chi connectivity index (χ0) is 13.4. The van der Waals surface area contributed by atoms with Gasteiger partial charge in [0, 0.05) is 18.1 Å². The second-order valence-corrected chi connectivity index (χ2v) is 4.61. The van der Waals surface area contributed by atoms with Gasteiger partial charge in [-0.05, 0) is 36.2 Å². The first kappa shape index (κ1) is 11.8. The van der Waals surface area contributed by atoms with E-state index in [1.165, 1.54) is 12.1 Å². The third-order valence-electron chi connectivity index (χ3n) is 3.30. The Labute approximate surface area is 110 Å². The number of allylic oxidation sites excluding steroid dienone is 2. The molecule has 2 aromatic carbocycles. The van der Waals surface area contributed by atoms with E-state index < -0.39 is 0 Å². The summed E-state index contributed by atoms with van der Waals surface area (Å²) < 4.78 is 18.7. The van der Waals surface area contributed by atoms with E-state index in [0.717, 1.165) is 22.5 Å². The van der Waals surface area contributed by atoms with Gasteiger partial charge >= 0.3 is 0 Å². The molecule has 0 saturated heterocycles. The van der Waals surface area contributed by atoms with E-state index in [1.54, 1.807) is 24.3 Å². The normalized spacial score (nSPS) is 14.0. The molecule has 0 spiro atoms. The van der Waals surface area contributed by atoms with Crippen LogP contribution in [0.4, 0.5) is 4.39 Å². The predicted molar refractivity (Wildman–Crippen MR) is 71.4 cm³/mol. The molecule has 0 unspecified atom stereocenters. The fourth-order valence-electron chi connectivity index (χ4n) is 2.28. The lowest BCUT2D eigenvalue weighted by Gasteiger charge is -2.22. The molecule has 0 fully saturated rings. The molecule has 2 nitrogen and oxygen atoms in total. The molecule has 96 valence electrons. The van der Waals surface area contributed by atoms with Crippen LogP contribution in [0.25, 0.3) is 5.57 Å². The van der Waals surface area contributed by atoms with Crippen molar-refractivity contribution < 1.29 is 14.2 Å². The second kappa shape index (κ2) is 4.43. The van der Waals surface area contributed by atoms with Crippen molar-refractivity contribution in [2.24, 2.45) is 0 Å². The van der Waals surface area contributed by atoms with Crippen molar-refractivity contribution in [2.45, 2.75) is 13.3 Å². The molecule has 2 aromatic rings. The van der Waals surface area contributed by atoms with Crippen molar-refractivity contribution in [2.75, 3.05) is 0 Å². The Morgan fingerprint density at radius 3 is 2.58 bits per heavy atom. The highest BCUT2D eigenvalue weighted by Crippen LogP contribution is 2.36. The van der Waals surface area contributed by atoms with Crippen molar-refractivity contribution in [3.05, 3.63) is 65.2 Å². The van der Waals surface area contributed by atoms with E-state index >= 15 is 0 Å². The molecular formula is C16H13FO2. The average Bonchev–Trinajstić information content (AvgIpc) is 2.39. The number of hydrogen-bond donors (Lipinski definition) is 1. The summed E-state index contributed by atoms with van der Waals surface area (Å²) in [5.74, 6) is 1.41. The first-order chi connectivity index (χ1) is 9.13. The number of phenolic OH excluding ortho intramolecular Hbond substituents is 1. The molecule has 0 radical (unpaired) electrons. The van der Waals surface area contributed by atoms with Crippen LogP contribution >= 0.6 is 0 Å². The highest BCUT2D eigenvalue weighted by Gasteiger charge is 2.18. The summed E-state index contributed by atoms with van der Waals surface area (Å²) in [6, 6.07) is 11.5. The van der Waals surface area contributed by atoms with E-state index in [2.05, 4.69) is 0 Å². The molecule has 0 saturated carbocycles. The van der Waals surface area contributed by atoms with Crippen molar-refractivity contribution in [1.82, 2.24) is 0 Å². The number of halogens is 1. The second-order valence-electron chi connectivity index (χ2n) is 4.61. The Balaban J connectivity index is 2.00. The molecule has 1 N–H and O–H groups in total. The van der Waals surface area contributed by atoms with Gasteiger partial charge in [-0.25, -0.2) is 4.39 Å². The van der Waals surface area contributed by atoms with E-state index in [-0.39, 0.29) is 11.6 Å². The van der Waals surface area contributed by atoms with Gasteiger partial charge in [-0.1, -0.05) is 18.2 Å². The van der Waals surface area contributed by atoms with Crippen molar-refractivity contribution in [1.29, 1.82) is 0 Å². The maximum absolute atomic E-state index is 13.0. The van der Waals surface area contributed by atoms with Crippen LogP contribution in [0.15, 0.2) is 48.2 Å². The summed E-state index contributed by atoms with van der Waals surface area (Å²) in [5, 5.41) is 9.45. The van der Waals surface area contributed by atoms with Crippen LogP contribution in [0.3, 0.4) is 0 Å². The van der Waals surface area contributed by atoms with Crippen LogP contribution in [0.2, 0.25) is 0 Å². The standard InChI is InChI=1S/C16H13FO2/c1-10-15(11-2-5-13(17)6-3-11)8-12-4-7-14(18)9-16(12)19-10/h2-7,9,18H,8H2,1H3. The number of rotatable bonds is 1. The molecule has 0 aliphatic carbocycles. The maximum Gasteiger partial charge on any atom is 0.134 e. The van der Waals surface area contributed by atoms with Crippen LogP contribution in [0, 0.1) is 5.82 Å². The fourth-order valence-corrected chi connectivity index (χ4v) is 2.28. The summed E-state index contributed by atoms with van der Waals surface area (Å²) >= 11 is 0. The molecule has 1 aliphatic rings. The summed E-state index contributed by atoms with van der Waals surface area (Å²) in [5.41, 5.74) is 3.01. The van der Waals surface area contributed by atoms with Gasteiger partial charge in [-0.2, -0.15) is 0 Å². The number of aromatic hydroxyl groups is 1. The van der Waals surface area contributed by atoms with Crippen LogP contribution in [-0.2, 0) is 6.42 Å². The lowest BCUT2D eigenvalue weighted by atomic mass is 9.94. The molecule has 0 aromatic heterocycles. The van der Waals surface area contributed by atoms with Gasteiger partial charge in [-0.15, -0.1) is 0 Å². The van der Waals surface area contributed by atoms with Gasteiger partial charge < -0.3 is 9.84 Å². The van der Waals surface area contributed by atoms with Gasteiger partial charge in [0.25, 0.3) is 0 Å². The molecular weight excluding hydrogens is 243 g/mol. The molecule has 1 aliphatic heterocycles. The minimum atomic E-state index is -0.246. The fraction of sp³-hybridized carbons (Fsp3) is 0.125. The van der Waals surface area contributed by atoms with Gasteiger partial charge in [0.15, 0.2) is 0 Å². The van der Waals surface area contributed by atoms with E-state index in [9.17, 15) is 9.50 Å². The van der Waals surface area contributed by atoms with Gasteiger partial charge in [-0.3, -0.25) is 0 Å². The summed E-state index contributed by atoms with van der Waals surface area (Å²) in [6.45, 7) is 1.88. The Morgan fingerprint density at radius 2 is 1.84 bits per heavy atom. The van der Waals surface area contributed by atoms with E-state index in [0.29, 0.717) is 12.2 Å². The molecule has 3 heteroatoms. The summed E-state index contributed by atoms with van der Waals surface area (Å²) in [6.07, 6.45) is 0.715. The van der Waals surface area contributed by atoms with Gasteiger partial charge in [0.1, 0.15) is 23.1 Å². The number of ether oxygens (including phenoxy) is 1. The molecule has 0 atom stereocenters. The van der Waals surface area contributed by atoms with Crippen LogP contribution < -0.4 is 4.74 Å². The van der Waals surface area contributed by atoms with Crippen LogP contribution in [0.5, 0.6) is 11.5 Å². The smallest absolute Gasteiger partial charge is 0.134 e. The lowest BCUT2D eigenvalue weighted by Crippen LogP contribution is -2.07. The Hall–Kier alpha value is -2.29. The Bertz CT molecular complexity index is 657. The SMILES string of the molecule is CC1=C(c2ccc(F)cc2)Cc2ccc(O)cc2O1. The first-order valence-corrected chi connectivity index (χ1v) is 6.09. The van der Waals surface area contributed by atoms with Gasteiger partial charge in [0.05, 0.1) is 0 Å². The first-order valence-electron chi connectivity index (χ1n) is 6.09. The minimum Gasteiger partial charge on any atom is -0.508 e. The minimum absolute atomic E-state index is 0.191. The quantitative estimate of drug-likeness (QED) is 0.838. The number of fused-ring (bicyclic) bond motifs is 1. The number of phenols is 1. The maximum atomic E-state index is 13.0. The highest BCUT2D eigenvalue weighted by molar-refractivity contribution is 5.72. The third kappa shape index (κ3) is 2.19. The highest BCUT2D eigenvalue weighted by atomic mass is 19.1. The van der Waals surface area contributed by atoms with Crippen molar-refractivity contribution in [3.8, 4) is 11.5 Å². The van der Waals surface area contributed by atoms with E-state index in [4.69, 9.17) is 4.74 Å². The van der Waals surface area contributed by atoms with E-state index in [1.807, 2.05) is 13.0 Å². The predicted octanol–water partition coefficient (Wildman–Crippen LogP) is 3.90. The largest absolute Gasteiger partial charge is 0.508 e. The molecule has 0 bridgehead atoms. The van der Waals surface area contributed by atoms with Crippen molar-refractivity contribution >= 4 is 5.57 Å². The summed E-state index contributed by atoms with van der Waals surface area (Å²) in [7, 11) is 0. The third-order valence-corrected chi connectivity index (χ3v) is 3.30. The van der Waals surface area contributed by atoms with Gasteiger partial charge in [0.2, 0.25) is 0 Å². The zero-order valence-corrected chi connectivity index (χ0v) is 10.5. The number of benzene rings is 2. The monoisotopic (exact) mass is 256 g/mol. The topological polar surface area (TPSA) is 29.5 Å². The zero-order valence-electron chi connectivity index (χ0n) is 10.5. The van der Waals surface area contributed by atoms with Crippen LogP contribution in [-0.4, -0.2) is 5.11 Å². The number of hydrogen-bond acceptors (Lipinski definition) is 2. The molecule has 0 amide bonds. The lowest BCUT2D eigenvalue weighted by molar-refractivity contribution is 0.409. The Kier molecular flexibility index (Phi) is 2.75. The molecule has 3 rings (SSSR count). The molecule has 19 heavy (non-hydrogen) atoms. The Morgan fingerprint density at radius 1 is 1.11 bits per heavy atom. The summed E-state index contributed by atoms with van der Waals surface area (Å²) in [4.78, 5) is 0. The van der Waals surface area contributed by atoms with Crippen molar-refractivity contribution in [3.63, 3.8) is 0 Å². The van der Waals surface area contributed by atoms with Crippen LogP contribution in [0.1, 0.15) is 18.1 Å². The molecule has 1 heterocycles.